The van der Waals surface area contributed by atoms with E-state index >= 15 is 0 Å². The molecule has 0 aliphatic heterocycles. The molecule has 0 aliphatic carbocycles. The molecule has 12 rings (SSSR count). The largest absolute Gasteiger partial charge is 0.247 e. The van der Waals surface area contributed by atoms with E-state index in [-0.39, 0.29) is 0 Å². The van der Waals surface area contributed by atoms with Gasteiger partial charge in [-0.25, -0.2) is 15.0 Å². The van der Waals surface area contributed by atoms with Crippen molar-refractivity contribution in [2.24, 2.45) is 0 Å². The molecule has 0 atom stereocenters. The third kappa shape index (κ3) is 5.08. The normalized spacial score (nSPS) is 11.9. The van der Waals surface area contributed by atoms with E-state index in [1.165, 1.54) is 52.7 Å². The van der Waals surface area contributed by atoms with Gasteiger partial charge in [0.25, 0.3) is 0 Å². The molecule has 57 heavy (non-hydrogen) atoms. The van der Waals surface area contributed by atoms with Gasteiger partial charge >= 0.3 is 0 Å². The molecule has 0 unspecified atom stereocenters. The Morgan fingerprint density at radius 3 is 1.70 bits per heavy atom. The zero-order valence-electron chi connectivity index (χ0n) is 30.6. The molecular weight excluding hydrogens is 711 g/mol. The Morgan fingerprint density at radius 2 is 0.912 bits per heavy atom. The minimum Gasteiger partial charge on any atom is -0.247 e. The summed E-state index contributed by atoms with van der Waals surface area (Å²) in [6, 6.07) is 67.1. The van der Waals surface area contributed by atoms with Crippen LogP contribution < -0.4 is 0 Å². The summed E-state index contributed by atoms with van der Waals surface area (Å²) in [5.41, 5.74) is 11.4. The van der Waals surface area contributed by atoms with Gasteiger partial charge in [-0.2, -0.15) is 0 Å². The number of hydrogen-bond acceptors (Lipinski definition) is 4. The third-order valence-electron chi connectivity index (χ3n) is 11.5. The van der Waals surface area contributed by atoms with Crippen LogP contribution in [-0.4, -0.2) is 15.0 Å². The van der Waals surface area contributed by atoms with Gasteiger partial charge in [0.1, 0.15) is 0 Å². The highest BCUT2D eigenvalue weighted by atomic mass is 32.1. The van der Waals surface area contributed by atoms with Crippen LogP contribution in [0.2, 0.25) is 0 Å². The number of fused-ring (bicyclic) bond motifs is 11. The van der Waals surface area contributed by atoms with E-state index in [4.69, 9.17) is 15.0 Å². The van der Waals surface area contributed by atoms with Crippen molar-refractivity contribution in [3.8, 4) is 44.9 Å². The van der Waals surface area contributed by atoms with Crippen LogP contribution in [-0.2, 0) is 0 Å². The summed E-state index contributed by atoms with van der Waals surface area (Å²) in [6.45, 7) is 0. The van der Waals surface area contributed by atoms with E-state index in [0.29, 0.717) is 0 Å². The summed E-state index contributed by atoms with van der Waals surface area (Å²) >= 11 is 1.88. The van der Waals surface area contributed by atoms with Gasteiger partial charge in [-0.1, -0.05) is 164 Å². The van der Waals surface area contributed by atoms with Crippen LogP contribution in [0.3, 0.4) is 0 Å². The van der Waals surface area contributed by atoms with Crippen molar-refractivity contribution in [1.29, 1.82) is 0 Å². The first-order valence-corrected chi connectivity index (χ1v) is 20.1. The predicted molar refractivity (Wildman–Crippen MR) is 242 cm³/mol. The van der Waals surface area contributed by atoms with E-state index in [1.54, 1.807) is 0 Å². The van der Waals surface area contributed by atoms with Crippen molar-refractivity contribution in [2.75, 3.05) is 0 Å². The third-order valence-corrected chi connectivity index (χ3v) is 12.7. The van der Waals surface area contributed by atoms with E-state index in [9.17, 15) is 0 Å². The number of pyridine rings is 3. The molecule has 0 aliphatic rings. The highest BCUT2D eigenvalue weighted by Gasteiger charge is 2.17. The first kappa shape index (κ1) is 32.0. The molecule has 0 N–H and O–H groups in total. The van der Waals surface area contributed by atoms with Crippen LogP contribution in [0.4, 0.5) is 0 Å². The van der Waals surface area contributed by atoms with Gasteiger partial charge in [0.2, 0.25) is 0 Å². The van der Waals surface area contributed by atoms with Crippen LogP contribution in [0.25, 0.3) is 119 Å². The maximum absolute atomic E-state index is 5.31. The van der Waals surface area contributed by atoms with Crippen molar-refractivity contribution in [2.45, 2.75) is 0 Å². The Bertz CT molecular complexity index is 3570. The summed E-state index contributed by atoms with van der Waals surface area (Å²) in [5.74, 6) is 0. The summed E-state index contributed by atoms with van der Waals surface area (Å²) in [6.07, 6.45) is 0. The quantitative estimate of drug-likeness (QED) is 0.169. The van der Waals surface area contributed by atoms with E-state index < -0.39 is 0 Å². The Kier molecular flexibility index (Phi) is 7.10. The lowest BCUT2D eigenvalue weighted by Crippen LogP contribution is -1.92. The summed E-state index contributed by atoms with van der Waals surface area (Å²) in [4.78, 5) is 15.7. The second kappa shape index (κ2) is 12.6. The molecule has 0 saturated carbocycles. The summed E-state index contributed by atoms with van der Waals surface area (Å²) in [5, 5.41) is 10.8. The standard InChI is InChI=1S/C53H31N3S/c1-2-10-33(11-3-1)45-30-24-35-22-23-36-25-31-47(56-52(36)51(35)54-45)40-27-26-37(38-12-4-5-13-39(38)40)32-18-20-34(21-19-32)50-44-29-28-42-41-14-7-9-17-48(41)57-53(42)49(44)43-15-6-8-16-46(43)55-50/h1-31H. The lowest BCUT2D eigenvalue weighted by molar-refractivity contribution is 1.37. The Balaban J connectivity index is 0.970. The van der Waals surface area contributed by atoms with Gasteiger partial charge < -0.3 is 0 Å². The minimum atomic E-state index is 0.912. The highest BCUT2D eigenvalue weighted by molar-refractivity contribution is 7.26. The van der Waals surface area contributed by atoms with Crippen molar-refractivity contribution in [3.63, 3.8) is 0 Å². The number of rotatable bonds is 4. The van der Waals surface area contributed by atoms with Gasteiger partial charge in [-0.3, -0.25) is 0 Å². The monoisotopic (exact) mass is 741 g/mol. The molecule has 4 aromatic heterocycles. The molecule has 0 spiro atoms. The fraction of sp³-hybridized carbons (Fsp3) is 0. The second-order valence-electron chi connectivity index (χ2n) is 14.7. The number of thiophene rings is 1. The zero-order chi connectivity index (χ0) is 37.5. The molecule has 4 heteroatoms. The maximum Gasteiger partial charge on any atom is 0.0972 e. The van der Waals surface area contributed by atoms with Gasteiger partial charge in [-0.05, 0) is 46.2 Å². The Morgan fingerprint density at radius 1 is 0.333 bits per heavy atom. The average Bonchev–Trinajstić information content (AvgIpc) is 3.67. The lowest BCUT2D eigenvalue weighted by Gasteiger charge is -2.14. The summed E-state index contributed by atoms with van der Waals surface area (Å²) in [7, 11) is 0. The van der Waals surface area contributed by atoms with Gasteiger partial charge in [0.15, 0.2) is 0 Å². The molecule has 0 saturated heterocycles. The number of para-hydroxylation sites is 1. The van der Waals surface area contributed by atoms with Gasteiger partial charge in [0.05, 0.1) is 33.6 Å². The van der Waals surface area contributed by atoms with Crippen LogP contribution in [0.5, 0.6) is 0 Å². The maximum atomic E-state index is 5.31. The summed E-state index contributed by atoms with van der Waals surface area (Å²) < 4.78 is 2.63. The topological polar surface area (TPSA) is 38.7 Å². The molecule has 0 bridgehead atoms. The first-order chi connectivity index (χ1) is 28.2. The zero-order valence-corrected chi connectivity index (χ0v) is 31.5. The van der Waals surface area contributed by atoms with Gasteiger partial charge in [0, 0.05) is 63.8 Å². The number of aromatic nitrogens is 3. The van der Waals surface area contributed by atoms with Crippen LogP contribution in [0, 0.1) is 0 Å². The molecule has 264 valence electrons. The van der Waals surface area contributed by atoms with Crippen molar-refractivity contribution < 1.29 is 0 Å². The highest BCUT2D eigenvalue weighted by Crippen LogP contribution is 2.44. The lowest BCUT2D eigenvalue weighted by atomic mass is 9.92. The Hall–Kier alpha value is -7.27. The Labute approximate surface area is 332 Å². The predicted octanol–water partition coefficient (Wildman–Crippen LogP) is 14.7. The molecule has 12 aromatic rings. The van der Waals surface area contributed by atoms with Crippen LogP contribution >= 0.6 is 11.3 Å². The van der Waals surface area contributed by atoms with E-state index in [0.717, 1.165) is 66.7 Å². The molecule has 4 heterocycles. The number of benzene rings is 8. The number of nitrogens with zero attached hydrogens (tertiary/aromatic N) is 3. The smallest absolute Gasteiger partial charge is 0.0972 e. The van der Waals surface area contributed by atoms with Crippen molar-refractivity contribution in [3.05, 3.63) is 188 Å². The average molecular weight is 742 g/mol. The fourth-order valence-corrected chi connectivity index (χ4v) is 9.97. The fourth-order valence-electron chi connectivity index (χ4n) is 8.71. The SMILES string of the molecule is c1ccc(-c2ccc3ccc4ccc(-c5ccc(-c6ccc(-c7nc8ccccc8c8c7ccc7c9ccccc9sc78)cc6)c6ccccc56)nc4c3n2)cc1. The first-order valence-electron chi connectivity index (χ1n) is 19.3. The van der Waals surface area contributed by atoms with Crippen LogP contribution in [0.1, 0.15) is 0 Å². The molecule has 8 aromatic carbocycles. The minimum absolute atomic E-state index is 0.912. The van der Waals surface area contributed by atoms with Crippen molar-refractivity contribution in [1.82, 2.24) is 15.0 Å². The van der Waals surface area contributed by atoms with Gasteiger partial charge in [-0.15, -0.1) is 11.3 Å². The van der Waals surface area contributed by atoms with Crippen LogP contribution in [0.15, 0.2) is 188 Å². The molecular formula is C53H31N3S. The van der Waals surface area contributed by atoms with Crippen molar-refractivity contribution >= 4 is 85.8 Å². The molecule has 0 amide bonds. The second-order valence-corrected chi connectivity index (χ2v) is 15.7. The molecule has 0 fully saturated rings. The molecule has 3 nitrogen and oxygen atoms in total. The molecule has 0 radical (unpaired) electrons. The van der Waals surface area contributed by atoms with E-state index in [1.807, 2.05) is 17.4 Å². The number of hydrogen-bond donors (Lipinski definition) is 0. The van der Waals surface area contributed by atoms with E-state index in [2.05, 4.69) is 182 Å².